The van der Waals surface area contributed by atoms with E-state index in [-0.39, 0.29) is 0 Å². The second kappa shape index (κ2) is 4.57. The van der Waals surface area contributed by atoms with Gasteiger partial charge in [-0.05, 0) is 12.1 Å². The molecule has 1 aliphatic rings. The van der Waals surface area contributed by atoms with Gasteiger partial charge >= 0.3 is 0 Å². The highest BCUT2D eigenvalue weighted by molar-refractivity contribution is 6.90. The molecule has 0 aromatic rings. The largest absolute Gasteiger partial charge is 0.318 e. The summed E-state index contributed by atoms with van der Waals surface area (Å²) in [5.41, 5.74) is 4.38. The lowest BCUT2D eigenvalue weighted by atomic mass is 10.4. The molecular formula is C10H22N2Si2. The van der Waals surface area contributed by atoms with Crippen LogP contribution in [-0.4, -0.2) is 38.8 Å². The Bertz CT molecular complexity index is 196. The van der Waals surface area contributed by atoms with Crippen LogP contribution >= 0.6 is 0 Å². The molecule has 0 radical (unpaired) electrons. The predicted molar refractivity (Wildman–Crippen MR) is 68.6 cm³/mol. The number of hydrogen-bond acceptors (Lipinski definition) is 2. The van der Waals surface area contributed by atoms with Crippen LogP contribution in [0.3, 0.4) is 0 Å². The van der Waals surface area contributed by atoms with Crippen LogP contribution in [0.2, 0.25) is 0 Å². The monoisotopic (exact) mass is 226 g/mol. The van der Waals surface area contributed by atoms with Gasteiger partial charge in [0.2, 0.25) is 18.2 Å². The van der Waals surface area contributed by atoms with E-state index in [4.69, 9.17) is 0 Å². The van der Waals surface area contributed by atoms with Gasteiger partial charge in [-0.1, -0.05) is 39.1 Å². The van der Waals surface area contributed by atoms with Crippen molar-refractivity contribution in [3.63, 3.8) is 0 Å². The minimum atomic E-state index is -0.980. The van der Waals surface area contributed by atoms with Gasteiger partial charge in [0.1, 0.15) is 0 Å². The van der Waals surface area contributed by atoms with Crippen LogP contribution in [0.1, 0.15) is 27.7 Å². The van der Waals surface area contributed by atoms with E-state index in [9.17, 15) is 0 Å². The first-order chi connectivity index (χ1) is 6.54. The molecule has 0 spiro atoms. The van der Waals surface area contributed by atoms with Gasteiger partial charge < -0.3 is 8.46 Å². The Hall–Kier alpha value is -0.166. The third kappa shape index (κ3) is 1.79. The molecule has 0 bridgehead atoms. The van der Waals surface area contributed by atoms with Crippen molar-refractivity contribution in [3.05, 3.63) is 24.6 Å². The molecule has 14 heavy (non-hydrogen) atoms. The smallest absolute Gasteiger partial charge is 0.204 e. The summed E-state index contributed by atoms with van der Waals surface area (Å²) in [7, 11) is -1.96. The van der Waals surface area contributed by atoms with Gasteiger partial charge in [0, 0.05) is 0 Å². The molecular weight excluding hydrogens is 204 g/mol. The molecule has 0 saturated carbocycles. The molecule has 80 valence electrons. The summed E-state index contributed by atoms with van der Waals surface area (Å²) in [6.45, 7) is 17.1. The predicted octanol–water partition coefficient (Wildman–Crippen LogP) is 1.31. The average molecular weight is 226 g/mol. The Kier molecular flexibility index (Phi) is 3.89. The summed E-state index contributed by atoms with van der Waals surface area (Å²) in [5, 5.41) is 0. The highest BCUT2D eigenvalue weighted by atomic mass is 28.4. The molecule has 1 aliphatic heterocycles. The van der Waals surface area contributed by atoms with Crippen molar-refractivity contribution in [3.8, 4) is 0 Å². The Labute approximate surface area is 91.4 Å². The minimum Gasteiger partial charge on any atom is -0.318 e. The summed E-state index contributed by atoms with van der Waals surface area (Å²) in [4.78, 5) is 0. The maximum Gasteiger partial charge on any atom is 0.204 e. The van der Waals surface area contributed by atoms with E-state index in [0.29, 0.717) is 12.1 Å². The maximum atomic E-state index is 3.98. The average Bonchev–Trinajstić information content (AvgIpc) is 2.02. The van der Waals surface area contributed by atoms with Crippen LogP contribution in [0.15, 0.2) is 24.6 Å². The standard InChI is InChI=1S/C10H22N2Si2/c1-7-13-11(9(3)4)14(8-2)12(13)10(5)6/h7-10,13-14H,1-2H2,3-6H3. The van der Waals surface area contributed by atoms with Gasteiger partial charge in [-0.3, -0.25) is 0 Å². The van der Waals surface area contributed by atoms with Gasteiger partial charge in [0.15, 0.2) is 0 Å². The van der Waals surface area contributed by atoms with E-state index < -0.39 is 18.2 Å². The van der Waals surface area contributed by atoms with Crippen LogP contribution in [0.4, 0.5) is 0 Å². The number of rotatable bonds is 4. The van der Waals surface area contributed by atoms with Crippen LogP contribution < -0.4 is 0 Å². The second-order valence-corrected chi connectivity index (χ2v) is 10.6. The summed E-state index contributed by atoms with van der Waals surface area (Å²) in [5.74, 6) is 0. The zero-order valence-corrected chi connectivity index (χ0v) is 12.1. The molecule has 1 fully saturated rings. The van der Waals surface area contributed by atoms with Crippen LogP contribution in [0, 0.1) is 0 Å². The van der Waals surface area contributed by atoms with E-state index in [2.05, 4.69) is 60.7 Å². The van der Waals surface area contributed by atoms with Crippen molar-refractivity contribution >= 4 is 18.2 Å². The normalized spacial score (nSPS) is 29.3. The van der Waals surface area contributed by atoms with E-state index in [1.54, 1.807) is 0 Å². The number of hydrogen-bond donors (Lipinski definition) is 0. The van der Waals surface area contributed by atoms with Crippen molar-refractivity contribution in [1.82, 2.24) is 8.46 Å². The van der Waals surface area contributed by atoms with E-state index in [1.165, 1.54) is 0 Å². The molecule has 4 heteroatoms. The fourth-order valence-corrected chi connectivity index (χ4v) is 11.1. The van der Waals surface area contributed by atoms with Gasteiger partial charge in [0.25, 0.3) is 0 Å². The van der Waals surface area contributed by atoms with E-state index in [1.807, 2.05) is 0 Å². The second-order valence-electron chi connectivity index (χ2n) is 4.38. The van der Waals surface area contributed by atoms with Crippen molar-refractivity contribution in [1.29, 1.82) is 0 Å². The van der Waals surface area contributed by atoms with E-state index >= 15 is 0 Å². The van der Waals surface area contributed by atoms with E-state index in [0.717, 1.165) is 0 Å². The lowest BCUT2D eigenvalue weighted by Gasteiger charge is -2.58. The topological polar surface area (TPSA) is 6.48 Å². The summed E-state index contributed by atoms with van der Waals surface area (Å²) in [6.07, 6.45) is 0. The summed E-state index contributed by atoms with van der Waals surface area (Å²) < 4.78 is 5.39. The molecule has 0 aliphatic carbocycles. The van der Waals surface area contributed by atoms with Gasteiger partial charge in [-0.25, -0.2) is 0 Å². The van der Waals surface area contributed by atoms with Crippen LogP contribution in [-0.2, 0) is 0 Å². The van der Waals surface area contributed by atoms with Crippen molar-refractivity contribution in [2.75, 3.05) is 0 Å². The third-order valence-electron chi connectivity index (χ3n) is 2.84. The Morgan fingerprint density at radius 1 is 0.857 bits per heavy atom. The molecule has 0 N–H and O–H groups in total. The van der Waals surface area contributed by atoms with Crippen molar-refractivity contribution < 1.29 is 0 Å². The molecule has 0 aromatic heterocycles. The zero-order valence-electron chi connectivity index (χ0n) is 9.77. The van der Waals surface area contributed by atoms with Gasteiger partial charge in [0.05, 0.1) is 0 Å². The summed E-state index contributed by atoms with van der Waals surface area (Å²) in [6, 6.07) is 1.32. The van der Waals surface area contributed by atoms with Gasteiger partial charge in [-0.15, -0.1) is 13.2 Å². The first-order valence-corrected chi connectivity index (χ1v) is 8.74. The fourth-order valence-electron chi connectivity index (χ4n) is 2.26. The third-order valence-corrected chi connectivity index (χ3v) is 12.2. The SMILES string of the molecule is C=C[SiH]1N(C(C)C)[SiH](C=C)N1C(C)C. The molecule has 1 rings (SSSR count). The molecule has 0 aromatic carbocycles. The first kappa shape index (κ1) is 11.9. The zero-order chi connectivity index (χ0) is 10.9. The maximum absolute atomic E-state index is 3.98. The Morgan fingerprint density at radius 2 is 1.14 bits per heavy atom. The highest BCUT2D eigenvalue weighted by Crippen LogP contribution is 2.26. The Morgan fingerprint density at radius 3 is 1.29 bits per heavy atom. The number of nitrogens with zero attached hydrogens (tertiary/aromatic N) is 2. The minimum absolute atomic E-state index is 0.661. The highest BCUT2D eigenvalue weighted by Gasteiger charge is 2.47. The Balaban J connectivity index is 2.80. The molecule has 1 heterocycles. The molecule has 0 amide bonds. The van der Waals surface area contributed by atoms with Crippen LogP contribution in [0.5, 0.6) is 0 Å². The lowest BCUT2D eigenvalue weighted by Crippen LogP contribution is -2.79. The lowest BCUT2D eigenvalue weighted by molar-refractivity contribution is 0.358. The molecule has 1 saturated heterocycles. The van der Waals surface area contributed by atoms with Crippen molar-refractivity contribution in [2.45, 2.75) is 39.8 Å². The molecule has 2 nitrogen and oxygen atoms in total. The first-order valence-electron chi connectivity index (χ1n) is 5.34. The molecule has 0 unspecified atom stereocenters. The van der Waals surface area contributed by atoms with Gasteiger partial charge in [-0.2, -0.15) is 0 Å². The van der Waals surface area contributed by atoms with Crippen molar-refractivity contribution in [2.24, 2.45) is 0 Å². The fraction of sp³-hybridized carbons (Fsp3) is 0.600. The quantitative estimate of drug-likeness (QED) is 0.667. The summed E-state index contributed by atoms with van der Waals surface area (Å²) >= 11 is 0. The molecule has 0 atom stereocenters. The van der Waals surface area contributed by atoms with Crippen LogP contribution in [0.25, 0.3) is 0 Å².